The third-order valence-electron chi connectivity index (χ3n) is 3.01. The molecule has 3 nitrogen and oxygen atoms in total. The molecule has 0 saturated carbocycles. The van der Waals surface area contributed by atoms with Crippen molar-refractivity contribution in [3.05, 3.63) is 29.3 Å². The van der Waals surface area contributed by atoms with Crippen LogP contribution in [0.2, 0.25) is 0 Å². The van der Waals surface area contributed by atoms with Crippen LogP contribution in [-0.2, 0) is 15.1 Å². The van der Waals surface area contributed by atoms with Gasteiger partial charge in [0.05, 0.1) is 6.61 Å². The minimum Gasteiger partial charge on any atom is -0.508 e. The molecule has 0 amide bonds. The second-order valence-corrected chi connectivity index (χ2v) is 5.59. The van der Waals surface area contributed by atoms with Crippen molar-refractivity contribution in [1.29, 1.82) is 0 Å². The van der Waals surface area contributed by atoms with Crippen molar-refractivity contribution in [2.75, 3.05) is 19.8 Å². The van der Waals surface area contributed by atoms with Gasteiger partial charge < -0.3 is 14.6 Å². The molecule has 0 aliphatic heterocycles. The summed E-state index contributed by atoms with van der Waals surface area (Å²) in [6.45, 7) is 11.8. The van der Waals surface area contributed by atoms with E-state index in [-0.39, 0.29) is 5.75 Å². The molecule has 0 aromatic heterocycles. The van der Waals surface area contributed by atoms with Crippen LogP contribution in [0.1, 0.15) is 38.8 Å². The summed E-state index contributed by atoms with van der Waals surface area (Å²) in [5, 5.41) is 10.1. The summed E-state index contributed by atoms with van der Waals surface area (Å²) in [4.78, 5) is 0. The van der Waals surface area contributed by atoms with Gasteiger partial charge in [-0.25, -0.2) is 0 Å². The highest BCUT2D eigenvalue weighted by molar-refractivity contribution is 5.39. The van der Waals surface area contributed by atoms with Crippen molar-refractivity contribution in [2.24, 2.45) is 5.92 Å². The van der Waals surface area contributed by atoms with Gasteiger partial charge in [0, 0.05) is 18.8 Å². The molecule has 1 aromatic rings. The summed E-state index contributed by atoms with van der Waals surface area (Å²) in [7, 11) is 0. The first-order chi connectivity index (χ1) is 8.89. The van der Waals surface area contributed by atoms with Crippen LogP contribution in [0.25, 0.3) is 0 Å². The fraction of sp³-hybridized carbons (Fsp3) is 0.625. The van der Waals surface area contributed by atoms with Crippen LogP contribution in [0.5, 0.6) is 5.75 Å². The van der Waals surface area contributed by atoms with Crippen LogP contribution >= 0.6 is 0 Å². The third kappa shape index (κ3) is 4.51. The van der Waals surface area contributed by atoms with Gasteiger partial charge in [0.25, 0.3) is 0 Å². The van der Waals surface area contributed by atoms with Gasteiger partial charge in [0.2, 0.25) is 0 Å². The second-order valence-electron chi connectivity index (χ2n) is 5.59. The van der Waals surface area contributed by atoms with Gasteiger partial charge in [0.1, 0.15) is 11.4 Å². The maximum Gasteiger partial charge on any atom is 0.122 e. The minimum absolute atomic E-state index is 0.268. The quantitative estimate of drug-likeness (QED) is 0.819. The van der Waals surface area contributed by atoms with Crippen molar-refractivity contribution >= 4 is 0 Å². The van der Waals surface area contributed by atoms with Crippen LogP contribution < -0.4 is 0 Å². The predicted octanol–water partition coefficient (Wildman–Crippen LogP) is 3.62. The average molecular weight is 266 g/mol. The summed E-state index contributed by atoms with van der Waals surface area (Å²) < 4.78 is 11.5. The lowest BCUT2D eigenvalue weighted by Gasteiger charge is -2.31. The number of rotatable bonds is 7. The first kappa shape index (κ1) is 16.0. The van der Waals surface area contributed by atoms with Crippen LogP contribution in [0, 0.1) is 12.8 Å². The Morgan fingerprint density at radius 1 is 1.32 bits per heavy atom. The Labute approximate surface area is 116 Å². The molecule has 3 heteroatoms. The zero-order chi connectivity index (χ0) is 14.5. The SMILES string of the molecule is CCOC(C)(COCC(C)C)c1ccc(C)cc1O. The monoisotopic (exact) mass is 266 g/mol. The molecule has 0 aliphatic carbocycles. The predicted molar refractivity (Wildman–Crippen MR) is 77.5 cm³/mol. The van der Waals surface area contributed by atoms with Gasteiger partial charge in [-0.2, -0.15) is 0 Å². The molecule has 0 spiro atoms. The number of aryl methyl sites for hydroxylation is 1. The molecule has 1 N–H and O–H groups in total. The fourth-order valence-electron chi connectivity index (χ4n) is 2.09. The van der Waals surface area contributed by atoms with Crippen molar-refractivity contribution in [3.8, 4) is 5.75 Å². The van der Waals surface area contributed by atoms with Crippen LogP contribution in [0.3, 0.4) is 0 Å². The second kappa shape index (κ2) is 6.92. The van der Waals surface area contributed by atoms with Crippen molar-refractivity contribution < 1.29 is 14.6 Å². The minimum atomic E-state index is -0.610. The molecular weight excluding hydrogens is 240 g/mol. The number of phenolic OH excluding ortho intramolecular Hbond substituents is 1. The summed E-state index contributed by atoms with van der Waals surface area (Å²) in [6, 6.07) is 5.66. The average Bonchev–Trinajstić information content (AvgIpc) is 2.28. The van der Waals surface area contributed by atoms with Gasteiger partial charge in [-0.3, -0.25) is 0 Å². The van der Waals surface area contributed by atoms with E-state index in [4.69, 9.17) is 9.47 Å². The van der Waals surface area contributed by atoms with Crippen LogP contribution in [0.15, 0.2) is 18.2 Å². The summed E-state index contributed by atoms with van der Waals surface area (Å²) >= 11 is 0. The summed E-state index contributed by atoms with van der Waals surface area (Å²) in [6.07, 6.45) is 0. The maximum absolute atomic E-state index is 10.1. The molecule has 1 unspecified atom stereocenters. The number of hydrogen-bond acceptors (Lipinski definition) is 3. The standard InChI is InChI=1S/C16H26O3/c1-6-19-16(5,11-18-10-12(2)3)14-8-7-13(4)9-15(14)17/h7-9,12,17H,6,10-11H2,1-5H3. The number of ether oxygens (including phenoxy) is 2. The fourth-order valence-corrected chi connectivity index (χ4v) is 2.09. The maximum atomic E-state index is 10.1. The zero-order valence-electron chi connectivity index (χ0n) is 12.7. The molecule has 0 bridgehead atoms. The largest absolute Gasteiger partial charge is 0.508 e. The third-order valence-corrected chi connectivity index (χ3v) is 3.01. The first-order valence-electron chi connectivity index (χ1n) is 6.91. The summed E-state index contributed by atoms with van der Waals surface area (Å²) in [5.74, 6) is 0.751. The highest BCUT2D eigenvalue weighted by atomic mass is 16.5. The Morgan fingerprint density at radius 2 is 2.00 bits per heavy atom. The van der Waals surface area contributed by atoms with Gasteiger partial charge >= 0.3 is 0 Å². The number of benzene rings is 1. The topological polar surface area (TPSA) is 38.7 Å². The van der Waals surface area contributed by atoms with E-state index in [1.54, 1.807) is 6.07 Å². The van der Waals surface area contributed by atoms with E-state index in [2.05, 4.69) is 13.8 Å². The lowest BCUT2D eigenvalue weighted by Crippen LogP contribution is -2.32. The van der Waals surface area contributed by atoms with E-state index in [0.29, 0.717) is 25.7 Å². The van der Waals surface area contributed by atoms with Crippen LogP contribution in [-0.4, -0.2) is 24.9 Å². The Morgan fingerprint density at radius 3 is 2.53 bits per heavy atom. The first-order valence-corrected chi connectivity index (χ1v) is 6.91. The molecule has 1 rings (SSSR count). The lowest BCUT2D eigenvalue weighted by molar-refractivity contribution is -0.0921. The van der Waals surface area contributed by atoms with Crippen LogP contribution in [0.4, 0.5) is 0 Å². The highest BCUT2D eigenvalue weighted by Gasteiger charge is 2.30. The molecule has 0 saturated heterocycles. The molecule has 0 fully saturated rings. The van der Waals surface area contributed by atoms with Gasteiger partial charge in [-0.1, -0.05) is 26.0 Å². The van der Waals surface area contributed by atoms with Gasteiger partial charge in [-0.05, 0) is 38.3 Å². The molecule has 0 heterocycles. The van der Waals surface area contributed by atoms with E-state index in [1.165, 1.54) is 0 Å². The molecule has 0 radical (unpaired) electrons. The number of phenols is 1. The van der Waals surface area contributed by atoms with E-state index in [1.807, 2.05) is 32.9 Å². The van der Waals surface area contributed by atoms with E-state index in [0.717, 1.165) is 11.1 Å². The molecular formula is C16H26O3. The van der Waals surface area contributed by atoms with E-state index >= 15 is 0 Å². The van der Waals surface area contributed by atoms with Crippen molar-refractivity contribution in [1.82, 2.24) is 0 Å². The molecule has 19 heavy (non-hydrogen) atoms. The zero-order valence-corrected chi connectivity index (χ0v) is 12.7. The lowest BCUT2D eigenvalue weighted by atomic mass is 9.94. The van der Waals surface area contributed by atoms with E-state index in [9.17, 15) is 5.11 Å². The molecule has 1 aromatic carbocycles. The molecule has 108 valence electrons. The normalized spacial score (nSPS) is 14.6. The molecule has 1 atom stereocenters. The van der Waals surface area contributed by atoms with Gasteiger partial charge in [-0.15, -0.1) is 0 Å². The molecule has 0 aliphatic rings. The summed E-state index contributed by atoms with van der Waals surface area (Å²) in [5.41, 5.74) is 1.20. The Bertz CT molecular complexity index is 401. The highest BCUT2D eigenvalue weighted by Crippen LogP contribution is 2.33. The Kier molecular flexibility index (Phi) is 5.83. The van der Waals surface area contributed by atoms with Crippen molar-refractivity contribution in [2.45, 2.75) is 40.2 Å². The number of hydrogen-bond donors (Lipinski definition) is 1. The Hall–Kier alpha value is -1.06. The van der Waals surface area contributed by atoms with E-state index < -0.39 is 5.60 Å². The smallest absolute Gasteiger partial charge is 0.122 e. The Balaban J connectivity index is 2.90. The van der Waals surface area contributed by atoms with Crippen molar-refractivity contribution in [3.63, 3.8) is 0 Å². The number of aromatic hydroxyl groups is 1. The van der Waals surface area contributed by atoms with Gasteiger partial charge in [0.15, 0.2) is 0 Å².